The van der Waals surface area contributed by atoms with E-state index >= 15 is 0 Å². The van der Waals surface area contributed by atoms with Crippen LogP contribution in [-0.4, -0.2) is 85.8 Å². The van der Waals surface area contributed by atoms with Crippen LogP contribution in [0.25, 0.3) is 10.9 Å². The number of amides is 1. The number of fused-ring (bicyclic) bond motifs is 1. The van der Waals surface area contributed by atoms with E-state index in [1.54, 1.807) is 16.4 Å². The normalized spacial score (nSPS) is 21.5. The van der Waals surface area contributed by atoms with Crippen molar-refractivity contribution < 1.29 is 13.2 Å². The molecule has 8 nitrogen and oxygen atoms in total. The molecule has 4 heterocycles. The second-order valence-corrected chi connectivity index (χ2v) is 12.9. The Hall–Kier alpha value is -3.01. The van der Waals surface area contributed by atoms with E-state index in [2.05, 4.69) is 34.1 Å². The third kappa shape index (κ3) is 5.66. The quantitative estimate of drug-likeness (QED) is 0.470. The van der Waals surface area contributed by atoms with Gasteiger partial charge in [-0.25, -0.2) is 13.4 Å². The van der Waals surface area contributed by atoms with Gasteiger partial charge in [-0.2, -0.15) is 4.31 Å². The number of nitrogens with zero attached hydrogens (tertiary/aromatic N) is 5. The van der Waals surface area contributed by atoms with E-state index in [1.807, 2.05) is 29.2 Å². The maximum absolute atomic E-state index is 13.4. The smallest absolute Gasteiger partial charge is 0.243 e. The van der Waals surface area contributed by atoms with Crippen LogP contribution in [0.5, 0.6) is 0 Å². The first-order chi connectivity index (χ1) is 19.0. The molecule has 0 N–H and O–H groups in total. The van der Waals surface area contributed by atoms with Gasteiger partial charge in [-0.1, -0.05) is 30.3 Å². The minimum Gasteiger partial charge on any atom is -0.356 e. The molecule has 0 radical (unpaired) electrons. The number of hydrogen-bond acceptors (Lipinski definition) is 6. The highest BCUT2D eigenvalue weighted by Gasteiger charge is 2.32. The van der Waals surface area contributed by atoms with Gasteiger partial charge in [0.1, 0.15) is 5.82 Å². The van der Waals surface area contributed by atoms with Crippen LogP contribution in [0.3, 0.4) is 0 Å². The van der Waals surface area contributed by atoms with Gasteiger partial charge < -0.3 is 9.80 Å². The minimum absolute atomic E-state index is 0.0232. The number of piperazine rings is 1. The molecule has 3 fully saturated rings. The fourth-order valence-electron chi connectivity index (χ4n) is 6.12. The summed E-state index contributed by atoms with van der Waals surface area (Å²) in [6.07, 6.45) is 3.70. The van der Waals surface area contributed by atoms with Crippen LogP contribution in [-0.2, 0) is 21.4 Å². The molecule has 1 atom stereocenters. The molecule has 2 aromatic carbocycles. The van der Waals surface area contributed by atoms with Crippen molar-refractivity contribution in [3.05, 3.63) is 66.2 Å². The summed E-state index contributed by atoms with van der Waals surface area (Å²) in [6.45, 7) is 7.01. The second-order valence-electron chi connectivity index (χ2n) is 11.0. The molecule has 1 aromatic heterocycles. The predicted octanol–water partition coefficient (Wildman–Crippen LogP) is 3.58. The highest BCUT2D eigenvalue weighted by molar-refractivity contribution is 7.89. The summed E-state index contributed by atoms with van der Waals surface area (Å²) < 4.78 is 27.5. The number of rotatable bonds is 6. The number of piperidine rings is 1. The van der Waals surface area contributed by atoms with Gasteiger partial charge in [0.2, 0.25) is 15.9 Å². The number of carbonyl (C=O) groups is 1. The van der Waals surface area contributed by atoms with Crippen LogP contribution < -0.4 is 4.90 Å². The van der Waals surface area contributed by atoms with Crippen LogP contribution in [0.4, 0.5) is 5.82 Å². The Bertz CT molecular complexity index is 1420. The highest BCUT2D eigenvalue weighted by Crippen LogP contribution is 2.28. The Labute approximate surface area is 231 Å². The summed E-state index contributed by atoms with van der Waals surface area (Å²) in [5, 5.41) is 0.817. The lowest BCUT2D eigenvalue weighted by atomic mass is 9.96. The van der Waals surface area contributed by atoms with E-state index in [0.717, 1.165) is 81.7 Å². The van der Waals surface area contributed by atoms with Gasteiger partial charge in [-0.3, -0.25) is 9.69 Å². The van der Waals surface area contributed by atoms with Gasteiger partial charge in [0.25, 0.3) is 0 Å². The van der Waals surface area contributed by atoms with Crippen molar-refractivity contribution in [2.45, 2.75) is 37.1 Å². The first-order valence-corrected chi connectivity index (χ1v) is 15.6. The van der Waals surface area contributed by atoms with Crippen molar-refractivity contribution in [1.82, 2.24) is 19.1 Å². The maximum atomic E-state index is 13.4. The van der Waals surface area contributed by atoms with Crippen LogP contribution in [0, 0.1) is 5.92 Å². The minimum atomic E-state index is -3.46. The summed E-state index contributed by atoms with van der Waals surface area (Å²) in [5.41, 5.74) is 2.09. The zero-order valence-corrected chi connectivity index (χ0v) is 23.2. The van der Waals surface area contributed by atoms with Crippen molar-refractivity contribution in [2.75, 3.05) is 57.3 Å². The van der Waals surface area contributed by atoms with Crippen LogP contribution in [0.1, 0.15) is 31.2 Å². The van der Waals surface area contributed by atoms with E-state index in [-0.39, 0.29) is 11.8 Å². The Balaban J connectivity index is 1.09. The molecule has 3 aromatic rings. The number of pyridine rings is 1. The van der Waals surface area contributed by atoms with Gasteiger partial charge in [-0.05, 0) is 61.6 Å². The summed E-state index contributed by atoms with van der Waals surface area (Å²) in [4.78, 5) is 25.3. The molecule has 0 spiro atoms. The van der Waals surface area contributed by atoms with E-state index in [4.69, 9.17) is 4.98 Å². The molecular weight excluding hydrogens is 510 g/mol. The van der Waals surface area contributed by atoms with Crippen LogP contribution >= 0.6 is 0 Å². The molecule has 0 saturated carbocycles. The third-order valence-corrected chi connectivity index (χ3v) is 10.3. The molecule has 39 heavy (non-hydrogen) atoms. The second kappa shape index (κ2) is 11.2. The molecule has 206 valence electrons. The summed E-state index contributed by atoms with van der Waals surface area (Å²) in [6, 6.07) is 19.6. The fourth-order valence-corrected chi connectivity index (χ4v) is 7.67. The third-order valence-electron chi connectivity index (χ3n) is 8.38. The molecule has 9 heteroatoms. The molecular formula is C30H37N5O3S. The van der Waals surface area contributed by atoms with Gasteiger partial charge in [0, 0.05) is 64.3 Å². The highest BCUT2D eigenvalue weighted by atomic mass is 32.2. The largest absolute Gasteiger partial charge is 0.356 e. The molecule has 6 rings (SSSR count). The lowest BCUT2D eigenvalue weighted by Gasteiger charge is -2.39. The summed E-state index contributed by atoms with van der Waals surface area (Å²) >= 11 is 0. The average Bonchev–Trinajstić information content (AvgIpc) is 3.54. The SMILES string of the molecule is O=C([C@@H]1CCCN(c2ccc3cc(S(=O)(=O)N4CCCC4)ccc3n2)C1)N1CCN(Cc2ccccc2)CC1. The molecule has 3 aliphatic rings. The number of sulfonamides is 1. The lowest BCUT2D eigenvalue weighted by Crippen LogP contribution is -2.52. The van der Waals surface area contributed by atoms with Crippen molar-refractivity contribution in [3.63, 3.8) is 0 Å². The number of benzene rings is 2. The maximum Gasteiger partial charge on any atom is 0.243 e. The zero-order chi connectivity index (χ0) is 26.8. The standard InChI is InChI=1S/C30H37N5O3S/c36-30(33-19-17-32(18-20-33)22-24-7-2-1-3-8-24)26-9-6-14-34(23-26)29-13-10-25-21-27(11-12-28(25)31-29)39(37,38)35-15-4-5-16-35/h1-3,7-8,10-13,21,26H,4-6,9,14-20,22-23H2/t26-/m1/s1. The van der Waals surface area contributed by atoms with Crippen molar-refractivity contribution in [3.8, 4) is 0 Å². The van der Waals surface area contributed by atoms with Crippen molar-refractivity contribution >= 4 is 32.7 Å². The van der Waals surface area contributed by atoms with Gasteiger partial charge in [-0.15, -0.1) is 0 Å². The van der Waals surface area contributed by atoms with Gasteiger partial charge >= 0.3 is 0 Å². The van der Waals surface area contributed by atoms with Crippen molar-refractivity contribution in [1.29, 1.82) is 0 Å². The molecule has 0 unspecified atom stereocenters. The van der Waals surface area contributed by atoms with Crippen LogP contribution in [0.15, 0.2) is 65.6 Å². The Kier molecular flexibility index (Phi) is 7.55. The van der Waals surface area contributed by atoms with Gasteiger partial charge in [0.05, 0.1) is 16.3 Å². The fraction of sp³-hybridized carbons (Fsp3) is 0.467. The number of aromatic nitrogens is 1. The number of carbonyl (C=O) groups excluding carboxylic acids is 1. The topological polar surface area (TPSA) is 77.1 Å². The van der Waals surface area contributed by atoms with Gasteiger partial charge in [0.15, 0.2) is 0 Å². The van der Waals surface area contributed by atoms with Crippen molar-refractivity contribution in [2.24, 2.45) is 5.92 Å². The molecule has 1 amide bonds. The number of anilines is 1. The Morgan fingerprint density at radius 2 is 1.62 bits per heavy atom. The molecule has 0 aliphatic carbocycles. The van der Waals surface area contributed by atoms with E-state index < -0.39 is 10.0 Å². The first-order valence-electron chi connectivity index (χ1n) is 14.2. The molecule has 0 bridgehead atoms. The average molecular weight is 548 g/mol. The molecule has 3 saturated heterocycles. The van der Waals surface area contributed by atoms with E-state index in [9.17, 15) is 13.2 Å². The Morgan fingerprint density at radius 1 is 0.846 bits per heavy atom. The summed E-state index contributed by atoms with van der Waals surface area (Å²) in [5.74, 6) is 1.09. The monoisotopic (exact) mass is 547 g/mol. The lowest BCUT2D eigenvalue weighted by molar-refractivity contribution is -0.137. The Morgan fingerprint density at radius 3 is 2.38 bits per heavy atom. The number of hydrogen-bond donors (Lipinski definition) is 0. The van der Waals surface area contributed by atoms with E-state index in [1.165, 1.54) is 5.56 Å². The van der Waals surface area contributed by atoms with Crippen LogP contribution in [0.2, 0.25) is 0 Å². The zero-order valence-electron chi connectivity index (χ0n) is 22.4. The summed E-state index contributed by atoms with van der Waals surface area (Å²) in [7, 11) is -3.46. The van der Waals surface area contributed by atoms with E-state index in [0.29, 0.717) is 24.5 Å². The molecule has 3 aliphatic heterocycles. The predicted molar refractivity (Wildman–Crippen MR) is 153 cm³/mol. The first kappa shape index (κ1) is 26.2.